The van der Waals surface area contributed by atoms with Crippen molar-refractivity contribution in [2.45, 2.75) is 89.9 Å². The molecule has 0 radical (unpaired) electrons. The minimum atomic E-state index is 0.548. The van der Waals surface area contributed by atoms with E-state index in [1.807, 2.05) is 0 Å². The van der Waals surface area contributed by atoms with Gasteiger partial charge >= 0.3 is 0 Å². The van der Waals surface area contributed by atoms with Gasteiger partial charge in [-0.1, -0.05) is 114 Å². The standard InChI is InChI=1S/C34H44BN/c1-21(2)36(22(3)4)35(33-23(5)19-31-27-13-9-7-11-25(27)15-17-29(31)33)34-24(6)20-32-28-14-10-8-12-26(28)16-18-30(32)34/h7-18,21-24,29-34H,19-20H2,1-6H3/t23-,24?,29?,30?,31?,32?,33?,34?/m1/s1. The molecule has 4 aliphatic rings. The molecule has 0 amide bonds. The molecule has 8 atom stereocenters. The zero-order valence-electron chi connectivity index (χ0n) is 23.1. The quantitative estimate of drug-likeness (QED) is 0.389. The second kappa shape index (κ2) is 9.36. The van der Waals surface area contributed by atoms with Crippen molar-refractivity contribution >= 4 is 19.0 Å². The van der Waals surface area contributed by atoms with Crippen molar-refractivity contribution in [1.29, 1.82) is 0 Å². The number of rotatable bonds is 5. The summed E-state index contributed by atoms with van der Waals surface area (Å²) >= 11 is 0. The van der Waals surface area contributed by atoms with E-state index in [4.69, 9.17) is 0 Å². The van der Waals surface area contributed by atoms with Gasteiger partial charge in [-0.2, -0.15) is 0 Å². The Morgan fingerprint density at radius 1 is 0.667 bits per heavy atom. The maximum atomic E-state index is 2.94. The fraction of sp³-hybridized carbons (Fsp3) is 0.529. The molecule has 188 valence electrons. The molecule has 0 N–H and O–H groups in total. The maximum absolute atomic E-state index is 2.94. The van der Waals surface area contributed by atoms with Gasteiger partial charge < -0.3 is 4.81 Å². The van der Waals surface area contributed by atoms with Crippen LogP contribution in [0.5, 0.6) is 0 Å². The van der Waals surface area contributed by atoms with Crippen molar-refractivity contribution < 1.29 is 0 Å². The largest absolute Gasteiger partial charge is 0.337 e. The molecule has 6 rings (SSSR count). The minimum Gasteiger partial charge on any atom is -0.337 e. The monoisotopic (exact) mass is 477 g/mol. The summed E-state index contributed by atoms with van der Waals surface area (Å²) in [5.74, 6) is 5.48. The van der Waals surface area contributed by atoms with Crippen LogP contribution in [0.2, 0.25) is 11.6 Å². The first-order chi connectivity index (χ1) is 17.4. The first kappa shape index (κ1) is 24.3. The maximum Gasteiger partial charge on any atom is 0.231 e. The molecule has 1 nitrogen and oxygen atoms in total. The summed E-state index contributed by atoms with van der Waals surface area (Å²) in [6.07, 6.45) is 12.8. The van der Waals surface area contributed by atoms with E-state index in [0.717, 1.165) is 11.8 Å². The molecule has 2 saturated carbocycles. The topological polar surface area (TPSA) is 3.24 Å². The zero-order valence-corrected chi connectivity index (χ0v) is 23.1. The zero-order chi connectivity index (χ0) is 25.1. The summed E-state index contributed by atoms with van der Waals surface area (Å²) in [6.45, 7) is 15.5. The molecule has 2 aromatic carbocycles. The molecule has 2 aromatic rings. The van der Waals surface area contributed by atoms with Crippen molar-refractivity contribution in [3.8, 4) is 0 Å². The Kier molecular flexibility index (Phi) is 6.31. The first-order valence-corrected chi connectivity index (χ1v) is 14.7. The van der Waals surface area contributed by atoms with Gasteiger partial charge in [0.2, 0.25) is 6.85 Å². The Morgan fingerprint density at radius 2 is 1.08 bits per heavy atom. The van der Waals surface area contributed by atoms with Crippen molar-refractivity contribution in [3.05, 3.63) is 82.9 Å². The van der Waals surface area contributed by atoms with E-state index in [2.05, 4.69) is 119 Å². The fourth-order valence-electron chi connectivity index (χ4n) is 9.42. The van der Waals surface area contributed by atoms with Crippen LogP contribution in [0.3, 0.4) is 0 Å². The van der Waals surface area contributed by atoms with Crippen molar-refractivity contribution in [2.24, 2.45) is 23.7 Å². The predicted molar refractivity (Wildman–Crippen MR) is 156 cm³/mol. The molecule has 7 unspecified atom stereocenters. The van der Waals surface area contributed by atoms with Gasteiger partial charge in [0, 0.05) is 0 Å². The predicted octanol–water partition coefficient (Wildman–Crippen LogP) is 8.77. The third kappa shape index (κ3) is 3.78. The molecule has 36 heavy (non-hydrogen) atoms. The van der Waals surface area contributed by atoms with Gasteiger partial charge in [0.15, 0.2) is 0 Å². The highest BCUT2D eigenvalue weighted by molar-refractivity contribution is 6.60. The third-order valence-corrected chi connectivity index (χ3v) is 10.5. The molecular formula is C34H44BN. The van der Waals surface area contributed by atoms with Crippen molar-refractivity contribution in [1.82, 2.24) is 4.81 Å². The van der Waals surface area contributed by atoms with Gasteiger partial charge in [0.25, 0.3) is 0 Å². The average Bonchev–Trinajstić information content (AvgIpc) is 3.38. The number of benzene rings is 2. The van der Waals surface area contributed by atoms with Gasteiger partial charge in [-0.05, 0) is 94.3 Å². The van der Waals surface area contributed by atoms with E-state index in [1.54, 1.807) is 11.1 Å². The molecule has 2 fully saturated rings. The SMILES string of the molecule is CC1CC2c3ccccc3C=CC2C1B(C1C2C=Cc3ccccc3C2C[C@H]1C)N(C(C)C)C(C)C. The highest BCUT2D eigenvalue weighted by Crippen LogP contribution is 2.62. The number of nitrogens with zero attached hydrogens (tertiary/aromatic N) is 1. The first-order valence-electron chi connectivity index (χ1n) is 14.7. The molecule has 4 aliphatic carbocycles. The van der Waals surface area contributed by atoms with E-state index in [9.17, 15) is 0 Å². The van der Waals surface area contributed by atoms with Gasteiger partial charge in [0.05, 0.1) is 0 Å². The number of hydrogen-bond donors (Lipinski definition) is 0. The molecule has 0 heterocycles. The van der Waals surface area contributed by atoms with Crippen LogP contribution in [0.15, 0.2) is 60.7 Å². The normalized spacial score (nSPS) is 34.1. The molecule has 0 spiro atoms. The molecular weight excluding hydrogens is 433 g/mol. The van der Waals surface area contributed by atoms with E-state index < -0.39 is 0 Å². The highest BCUT2D eigenvalue weighted by atomic mass is 15.1. The van der Waals surface area contributed by atoms with E-state index >= 15 is 0 Å². The van der Waals surface area contributed by atoms with Crippen LogP contribution in [-0.4, -0.2) is 23.7 Å². The van der Waals surface area contributed by atoms with Crippen LogP contribution in [-0.2, 0) is 0 Å². The Bertz CT molecular complexity index is 1070. The molecule has 0 aromatic heterocycles. The molecule has 0 aliphatic heterocycles. The van der Waals surface area contributed by atoms with Crippen LogP contribution < -0.4 is 0 Å². The van der Waals surface area contributed by atoms with Crippen LogP contribution >= 0.6 is 0 Å². The van der Waals surface area contributed by atoms with Gasteiger partial charge in [-0.25, -0.2) is 0 Å². The van der Waals surface area contributed by atoms with Crippen molar-refractivity contribution in [3.63, 3.8) is 0 Å². The third-order valence-electron chi connectivity index (χ3n) is 10.5. The van der Waals surface area contributed by atoms with Crippen LogP contribution in [0, 0.1) is 23.7 Å². The van der Waals surface area contributed by atoms with Gasteiger partial charge in [-0.3, -0.25) is 0 Å². The lowest BCUT2D eigenvalue weighted by molar-refractivity contribution is 0.276. The van der Waals surface area contributed by atoms with E-state index in [0.29, 0.717) is 54.2 Å². The summed E-state index contributed by atoms with van der Waals surface area (Å²) in [7, 11) is 0. The number of fused-ring (bicyclic) bond motifs is 6. The highest BCUT2D eigenvalue weighted by Gasteiger charge is 2.57. The fourth-order valence-corrected chi connectivity index (χ4v) is 9.42. The smallest absolute Gasteiger partial charge is 0.231 e. The van der Waals surface area contributed by atoms with Gasteiger partial charge in [-0.15, -0.1) is 0 Å². The lowest BCUT2D eigenvalue weighted by Crippen LogP contribution is -2.56. The minimum absolute atomic E-state index is 0.548. The Hall–Kier alpha value is -2.06. The Morgan fingerprint density at radius 3 is 1.50 bits per heavy atom. The summed E-state index contributed by atoms with van der Waals surface area (Å²) in [5.41, 5.74) is 6.10. The number of hydrogen-bond acceptors (Lipinski definition) is 1. The molecule has 2 heteroatoms. The lowest BCUT2D eigenvalue weighted by atomic mass is 9.34. The van der Waals surface area contributed by atoms with E-state index in [-0.39, 0.29) is 0 Å². The summed E-state index contributed by atoms with van der Waals surface area (Å²) < 4.78 is 0. The Labute approximate surface area is 220 Å². The summed E-state index contributed by atoms with van der Waals surface area (Å²) in [6, 6.07) is 19.5. The van der Waals surface area contributed by atoms with Crippen molar-refractivity contribution in [2.75, 3.05) is 0 Å². The Balaban J connectivity index is 1.44. The number of allylic oxidation sites excluding steroid dienone is 2. The van der Waals surface area contributed by atoms with Crippen LogP contribution in [0.4, 0.5) is 0 Å². The molecule has 0 bridgehead atoms. The second-order valence-electron chi connectivity index (χ2n) is 13.0. The second-order valence-corrected chi connectivity index (χ2v) is 13.0. The van der Waals surface area contributed by atoms with E-state index in [1.165, 1.54) is 24.0 Å². The summed E-state index contributed by atoms with van der Waals surface area (Å²) in [4.78, 5) is 2.94. The summed E-state index contributed by atoms with van der Waals surface area (Å²) in [5, 5.41) is 0. The van der Waals surface area contributed by atoms with Crippen LogP contribution in [0.1, 0.15) is 88.5 Å². The van der Waals surface area contributed by atoms with Crippen LogP contribution in [0.25, 0.3) is 12.2 Å². The average molecular weight is 478 g/mol. The lowest BCUT2D eigenvalue weighted by Gasteiger charge is -2.48. The molecule has 0 saturated heterocycles. The van der Waals surface area contributed by atoms with Gasteiger partial charge in [0.1, 0.15) is 0 Å².